The van der Waals surface area contributed by atoms with Crippen LogP contribution in [0.2, 0.25) is 0 Å². The summed E-state index contributed by atoms with van der Waals surface area (Å²) in [5, 5.41) is 1.26. The number of carbonyl (C=O) groups excluding carboxylic acids is 1. The van der Waals surface area contributed by atoms with Crippen molar-refractivity contribution in [3.05, 3.63) is 23.9 Å². The molecular weight excluding hydrogens is 238 g/mol. The van der Waals surface area contributed by atoms with E-state index in [1.54, 1.807) is 30.1 Å². The third-order valence-corrected chi connectivity index (χ3v) is 4.12. The number of carbonyl (C=O) groups is 1. The van der Waals surface area contributed by atoms with Crippen LogP contribution >= 0.6 is 11.8 Å². The van der Waals surface area contributed by atoms with Gasteiger partial charge < -0.3 is 9.47 Å². The van der Waals surface area contributed by atoms with Crippen LogP contribution in [0.25, 0.3) is 0 Å². The van der Waals surface area contributed by atoms with E-state index in [0.717, 1.165) is 18.1 Å². The highest BCUT2D eigenvalue weighted by Crippen LogP contribution is 2.31. The molecule has 5 heteroatoms. The van der Waals surface area contributed by atoms with Gasteiger partial charge in [0.1, 0.15) is 0 Å². The van der Waals surface area contributed by atoms with E-state index < -0.39 is 0 Å². The summed E-state index contributed by atoms with van der Waals surface area (Å²) in [6, 6.07) is 3.42. The maximum atomic E-state index is 11.4. The zero-order valence-corrected chi connectivity index (χ0v) is 10.7. The molecule has 0 N–H and O–H groups in total. The Morgan fingerprint density at radius 1 is 1.65 bits per heavy atom. The van der Waals surface area contributed by atoms with Crippen molar-refractivity contribution in [1.29, 1.82) is 0 Å². The molecule has 0 bridgehead atoms. The lowest BCUT2D eigenvalue weighted by Crippen LogP contribution is -2.13. The normalized spacial score (nSPS) is 23.6. The number of methoxy groups -OCH3 is 1. The lowest BCUT2D eigenvalue weighted by molar-refractivity contribution is 0.0600. The minimum absolute atomic E-state index is 0.239. The van der Waals surface area contributed by atoms with Gasteiger partial charge in [0.15, 0.2) is 0 Å². The van der Waals surface area contributed by atoms with Crippen LogP contribution in [0.15, 0.2) is 23.4 Å². The van der Waals surface area contributed by atoms with Gasteiger partial charge >= 0.3 is 5.97 Å². The summed E-state index contributed by atoms with van der Waals surface area (Å²) in [5.74, 6) is -0.329. The summed E-state index contributed by atoms with van der Waals surface area (Å²) >= 11 is 1.66. The average molecular weight is 253 g/mol. The monoisotopic (exact) mass is 253 g/mol. The first-order valence-corrected chi connectivity index (χ1v) is 6.41. The van der Waals surface area contributed by atoms with Crippen molar-refractivity contribution in [1.82, 2.24) is 4.98 Å². The van der Waals surface area contributed by atoms with Crippen molar-refractivity contribution in [3.63, 3.8) is 0 Å². The highest BCUT2D eigenvalue weighted by atomic mass is 32.2. The van der Waals surface area contributed by atoms with Crippen LogP contribution in [0.1, 0.15) is 23.7 Å². The van der Waals surface area contributed by atoms with Gasteiger partial charge in [-0.2, -0.15) is 0 Å². The molecule has 0 spiro atoms. The smallest absolute Gasteiger partial charge is 0.337 e. The number of rotatable bonds is 3. The van der Waals surface area contributed by atoms with Crippen LogP contribution in [0.5, 0.6) is 0 Å². The van der Waals surface area contributed by atoms with Gasteiger partial charge in [-0.15, -0.1) is 11.8 Å². The largest absolute Gasteiger partial charge is 0.465 e. The van der Waals surface area contributed by atoms with Gasteiger partial charge in [-0.25, -0.2) is 9.78 Å². The van der Waals surface area contributed by atoms with E-state index in [1.807, 2.05) is 0 Å². The van der Waals surface area contributed by atoms with Gasteiger partial charge in [0.05, 0.1) is 23.8 Å². The first kappa shape index (κ1) is 12.4. The number of nitrogens with zero attached hydrogens (tertiary/aromatic N) is 1. The summed E-state index contributed by atoms with van der Waals surface area (Å²) in [5.41, 5.74) is 0.538. The molecule has 2 heterocycles. The highest BCUT2D eigenvalue weighted by molar-refractivity contribution is 7.99. The van der Waals surface area contributed by atoms with Crippen LogP contribution in [0.4, 0.5) is 0 Å². The molecule has 2 rings (SSSR count). The number of hydrogen-bond donors (Lipinski definition) is 0. The molecule has 0 saturated carbocycles. The van der Waals surface area contributed by atoms with E-state index in [9.17, 15) is 4.79 Å². The topological polar surface area (TPSA) is 48.4 Å². The van der Waals surface area contributed by atoms with Gasteiger partial charge in [-0.3, -0.25) is 0 Å². The van der Waals surface area contributed by atoms with Crippen LogP contribution in [-0.2, 0) is 9.47 Å². The van der Waals surface area contributed by atoms with E-state index in [-0.39, 0.29) is 12.1 Å². The number of ether oxygens (including phenoxy) is 2. The SMILES string of the molecule is COC(=O)c1ccnc(SC2CCOC2C)c1. The second-order valence-corrected chi connectivity index (χ2v) is 5.15. The molecule has 92 valence electrons. The molecule has 1 aliphatic rings. The van der Waals surface area contributed by atoms with Gasteiger partial charge in [0, 0.05) is 18.1 Å². The average Bonchev–Trinajstić information content (AvgIpc) is 2.74. The van der Waals surface area contributed by atoms with Gasteiger partial charge in [-0.05, 0) is 25.5 Å². The van der Waals surface area contributed by atoms with Gasteiger partial charge in [0.25, 0.3) is 0 Å². The third kappa shape index (κ3) is 2.98. The fraction of sp³-hybridized carbons (Fsp3) is 0.500. The van der Waals surface area contributed by atoms with E-state index >= 15 is 0 Å². The van der Waals surface area contributed by atoms with E-state index in [4.69, 9.17) is 4.74 Å². The quantitative estimate of drug-likeness (QED) is 0.772. The predicted octanol–water partition coefficient (Wildman–Crippen LogP) is 2.14. The summed E-state index contributed by atoms with van der Waals surface area (Å²) in [7, 11) is 1.38. The fourth-order valence-corrected chi connectivity index (χ4v) is 2.85. The maximum Gasteiger partial charge on any atom is 0.337 e. The molecule has 1 saturated heterocycles. The number of hydrogen-bond acceptors (Lipinski definition) is 5. The van der Waals surface area contributed by atoms with E-state index in [1.165, 1.54) is 7.11 Å². The van der Waals surface area contributed by atoms with Crippen molar-refractivity contribution in [2.75, 3.05) is 13.7 Å². The molecule has 1 aromatic heterocycles. The number of aromatic nitrogens is 1. The Bertz CT molecular complexity index is 410. The van der Waals surface area contributed by atoms with Crippen molar-refractivity contribution < 1.29 is 14.3 Å². The molecule has 1 aromatic rings. The first-order chi connectivity index (χ1) is 8.20. The fourth-order valence-electron chi connectivity index (χ4n) is 1.74. The van der Waals surface area contributed by atoms with Crippen molar-refractivity contribution in [2.24, 2.45) is 0 Å². The highest BCUT2D eigenvalue weighted by Gasteiger charge is 2.25. The van der Waals surface area contributed by atoms with Crippen molar-refractivity contribution in [2.45, 2.75) is 29.7 Å². The van der Waals surface area contributed by atoms with Gasteiger partial charge in [0.2, 0.25) is 0 Å². The van der Waals surface area contributed by atoms with Crippen molar-refractivity contribution in [3.8, 4) is 0 Å². The Balaban J connectivity index is 2.08. The van der Waals surface area contributed by atoms with Gasteiger partial charge in [-0.1, -0.05) is 0 Å². The standard InChI is InChI=1S/C12H15NO3S/c1-8-10(4-6-16-8)17-11-7-9(3-5-13-11)12(14)15-2/h3,5,7-8,10H,4,6H2,1-2H3. The molecule has 1 fully saturated rings. The Kier molecular flexibility index (Phi) is 4.02. The Labute approximate surface area is 105 Å². The third-order valence-electron chi connectivity index (χ3n) is 2.73. The molecule has 2 unspecified atom stereocenters. The zero-order valence-electron chi connectivity index (χ0n) is 9.88. The molecule has 17 heavy (non-hydrogen) atoms. The Hall–Kier alpha value is -1.07. The second kappa shape index (κ2) is 5.51. The van der Waals surface area contributed by atoms with Crippen LogP contribution in [0, 0.1) is 0 Å². The maximum absolute atomic E-state index is 11.4. The van der Waals surface area contributed by atoms with Crippen molar-refractivity contribution >= 4 is 17.7 Å². The molecule has 0 amide bonds. The summed E-state index contributed by atoms with van der Waals surface area (Å²) in [4.78, 5) is 15.6. The van der Waals surface area contributed by atoms with Crippen LogP contribution in [-0.4, -0.2) is 36.0 Å². The molecule has 1 aliphatic heterocycles. The molecule has 0 aliphatic carbocycles. The summed E-state index contributed by atoms with van der Waals surface area (Å²) in [6.45, 7) is 2.87. The predicted molar refractivity (Wildman–Crippen MR) is 65.3 cm³/mol. The number of esters is 1. The molecule has 4 nitrogen and oxygen atoms in total. The zero-order chi connectivity index (χ0) is 12.3. The minimum Gasteiger partial charge on any atom is -0.465 e. The summed E-state index contributed by atoms with van der Waals surface area (Å²) in [6.07, 6.45) is 2.90. The lowest BCUT2D eigenvalue weighted by Gasteiger charge is -2.12. The second-order valence-electron chi connectivity index (χ2n) is 3.90. The van der Waals surface area contributed by atoms with Crippen LogP contribution < -0.4 is 0 Å². The number of pyridine rings is 1. The first-order valence-electron chi connectivity index (χ1n) is 5.53. The molecular formula is C12H15NO3S. The van der Waals surface area contributed by atoms with E-state index in [2.05, 4.69) is 16.6 Å². The Morgan fingerprint density at radius 2 is 2.47 bits per heavy atom. The van der Waals surface area contributed by atoms with Crippen LogP contribution in [0.3, 0.4) is 0 Å². The molecule has 2 atom stereocenters. The van der Waals surface area contributed by atoms with E-state index in [0.29, 0.717) is 10.8 Å². The summed E-state index contributed by atoms with van der Waals surface area (Å²) < 4.78 is 10.2. The lowest BCUT2D eigenvalue weighted by atomic mass is 10.3. The molecule has 0 aromatic carbocycles. The minimum atomic E-state index is -0.329. The molecule has 0 radical (unpaired) electrons. The number of thioether (sulfide) groups is 1. The Morgan fingerprint density at radius 3 is 3.12 bits per heavy atom.